The van der Waals surface area contributed by atoms with Crippen LogP contribution in [-0.2, 0) is 23.8 Å². The Morgan fingerprint density at radius 2 is 1.79 bits per heavy atom. The molecule has 156 valence electrons. The number of hydrogen-bond acceptors (Lipinski definition) is 7. The van der Waals surface area contributed by atoms with Crippen molar-refractivity contribution in [3.05, 3.63) is 58.8 Å². The summed E-state index contributed by atoms with van der Waals surface area (Å²) in [6, 6.07) is 3.03. The number of benzene rings is 1. The highest BCUT2D eigenvalue weighted by Gasteiger charge is 2.27. The molecule has 29 heavy (non-hydrogen) atoms. The Balaban J connectivity index is 2.82. The van der Waals surface area contributed by atoms with E-state index in [4.69, 9.17) is 37.4 Å². The molecule has 0 aliphatic rings. The van der Waals surface area contributed by atoms with Crippen LogP contribution in [0.1, 0.15) is 23.7 Å². The van der Waals surface area contributed by atoms with Gasteiger partial charge in [-0.15, -0.1) is 0 Å². The van der Waals surface area contributed by atoms with Crippen molar-refractivity contribution >= 4 is 47.0 Å². The summed E-state index contributed by atoms with van der Waals surface area (Å²) in [5, 5.41) is 2.30. The molecule has 1 amide bonds. The first kappa shape index (κ1) is 24.2. The van der Waals surface area contributed by atoms with Crippen molar-refractivity contribution in [2.24, 2.45) is 0 Å². The maximum absolute atomic E-state index is 12.4. The Kier molecular flexibility index (Phi) is 9.91. The van der Waals surface area contributed by atoms with Crippen LogP contribution in [0.3, 0.4) is 0 Å². The Bertz CT molecular complexity index is 803. The molecule has 0 heterocycles. The van der Waals surface area contributed by atoms with Gasteiger partial charge in [-0.2, -0.15) is 0 Å². The van der Waals surface area contributed by atoms with E-state index in [1.807, 2.05) is 0 Å². The summed E-state index contributed by atoms with van der Waals surface area (Å²) < 4.78 is 14.4. The van der Waals surface area contributed by atoms with Crippen LogP contribution in [-0.4, -0.2) is 43.1 Å². The van der Waals surface area contributed by atoms with Gasteiger partial charge >= 0.3 is 18.0 Å². The maximum Gasteiger partial charge on any atom is 0.408 e. The molecular formula is C19H19Cl2NO7. The predicted molar refractivity (Wildman–Crippen MR) is 106 cm³/mol. The van der Waals surface area contributed by atoms with Crippen molar-refractivity contribution in [1.29, 1.82) is 0 Å². The van der Waals surface area contributed by atoms with E-state index >= 15 is 0 Å². The van der Waals surface area contributed by atoms with Gasteiger partial charge < -0.3 is 19.5 Å². The summed E-state index contributed by atoms with van der Waals surface area (Å²) in [6.45, 7) is 7.37. The fourth-order valence-electron chi connectivity index (χ4n) is 1.97. The van der Waals surface area contributed by atoms with Gasteiger partial charge in [-0.25, -0.2) is 9.59 Å². The summed E-state index contributed by atoms with van der Waals surface area (Å²) in [5.74, 6) is -2.43. The van der Waals surface area contributed by atoms with E-state index in [0.29, 0.717) is 0 Å². The number of ketones is 1. The Morgan fingerprint density at radius 3 is 2.34 bits per heavy atom. The average molecular weight is 444 g/mol. The topological polar surface area (TPSA) is 108 Å². The molecule has 1 atom stereocenters. The molecular weight excluding hydrogens is 425 g/mol. The van der Waals surface area contributed by atoms with Gasteiger partial charge in [0.25, 0.3) is 0 Å². The fourth-order valence-corrected chi connectivity index (χ4v) is 2.52. The van der Waals surface area contributed by atoms with Crippen molar-refractivity contribution in [3.63, 3.8) is 0 Å². The molecule has 0 spiro atoms. The van der Waals surface area contributed by atoms with Gasteiger partial charge in [-0.3, -0.25) is 9.59 Å². The number of halogens is 2. The van der Waals surface area contributed by atoms with Crippen LogP contribution >= 0.6 is 23.2 Å². The largest absolute Gasteiger partial charge is 0.454 e. The highest BCUT2D eigenvalue weighted by molar-refractivity contribution is 6.39. The molecule has 1 N–H and O–H groups in total. The first-order valence-electron chi connectivity index (χ1n) is 8.20. The van der Waals surface area contributed by atoms with Gasteiger partial charge in [0, 0.05) is 0 Å². The lowest BCUT2D eigenvalue weighted by atomic mass is 10.1. The SMILES string of the molecule is C=CCOC(=O)N[C@@H](CC(=O)OC(=C)C)C(=O)COC(=O)c1c(Cl)cccc1Cl. The average Bonchev–Trinajstić information content (AvgIpc) is 2.63. The first-order chi connectivity index (χ1) is 13.6. The van der Waals surface area contributed by atoms with Crippen LogP contribution in [0.5, 0.6) is 0 Å². The van der Waals surface area contributed by atoms with Crippen LogP contribution in [0, 0.1) is 0 Å². The molecule has 0 bridgehead atoms. The van der Waals surface area contributed by atoms with Crippen molar-refractivity contribution in [3.8, 4) is 0 Å². The van der Waals surface area contributed by atoms with Crippen LogP contribution in [0.4, 0.5) is 4.79 Å². The van der Waals surface area contributed by atoms with Crippen LogP contribution in [0.15, 0.2) is 43.2 Å². The molecule has 8 nitrogen and oxygen atoms in total. The number of rotatable bonds is 10. The summed E-state index contributed by atoms with van der Waals surface area (Å²) >= 11 is 11.8. The molecule has 0 saturated heterocycles. The number of allylic oxidation sites excluding steroid dienone is 1. The van der Waals surface area contributed by atoms with Gasteiger partial charge in [-0.05, 0) is 19.1 Å². The lowest BCUT2D eigenvalue weighted by Gasteiger charge is -2.17. The van der Waals surface area contributed by atoms with E-state index in [2.05, 4.69) is 18.5 Å². The molecule has 10 heteroatoms. The lowest BCUT2D eigenvalue weighted by Crippen LogP contribution is -2.44. The molecule has 1 aromatic carbocycles. The van der Waals surface area contributed by atoms with Crippen LogP contribution < -0.4 is 5.32 Å². The summed E-state index contributed by atoms with van der Waals surface area (Å²) in [7, 11) is 0. The van der Waals surface area contributed by atoms with Crippen LogP contribution in [0.2, 0.25) is 10.0 Å². The Hall–Kier alpha value is -2.84. The van der Waals surface area contributed by atoms with Crippen molar-refractivity contribution in [2.75, 3.05) is 13.2 Å². The molecule has 0 aromatic heterocycles. The van der Waals surface area contributed by atoms with Crippen LogP contribution in [0.25, 0.3) is 0 Å². The summed E-state index contributed by atoms with van der Waals surface area (Å²) in [5.41, 5.74) is -0.111. The van der Waals surface area contributed by atoms with E-state index in [1.165, 1.54) is 31.2 Å². The van der Waals surface area contributed by atoms with E-state index in [9.17, 15) is 19.2 Å². The highest BCUT2D eigenvalue weighted by atomic mass is 35.5. The number of ether oxygens (including phenoxy) is 3. The monoisotopic (exact) mass is 443 g/mol. The standard InChI is InChI=1S/C19H19Cl2NO7/c1-4-8-27-19(26)22-14(9-16(24)29-11(2)3)15(23)10-28-18(25)17-12(20)6-5-7-13(17)21/h4-7,14H,1-2,8-10H2,3H3,(H,22,26)/t14-/m0/s1. The number of carbonyl (C=O) groups is 4. The van der Waals surface area contributed by atoms with Crippen molar-refractivity contribution in [1.82, 2.24) is 5.32 Å². The van der Waals surface area contributed by atoms with E-state index in [1.54, 1.807) is 0 Å². The van der Waals surface area contributed by atoms with E-state index < -0.39 is 42.9 Å². The molecule has 1 rings (SSSR count). The molecule has 0 saturated carbocycles. The maximum atomic E-state index is 12.4. The second-order valence-electron chi connectivity index (χ2n) is 5.60. The smallest absolute Gasteiger partial charge is 0.408 e. The molecule has 0 aliphatic carbocycles. The quantitative estimate of drug-likeness (QED) is 0.255. The number of esters is 2. The molecule has 0 fully saturated rings. The molecule has 0 aliphatic heterocycles. The third-order valence-electron chi connectivity index (χ3n) is 3.18. The molecule has 0 radical (unpaired) electrons. The number of Topliss-reactive ketones (excluding diaryl/α,β-unsaturated/α-hetero) is 1. The van der Waals surface area contributed by atoms with Gasteiger partial charge in [0.05, 0.1) is 27.8 Å². The van der Waals surface area contributed by atoms with Gasteiger partial charge in [0.1, 0.15) is 12.6 Å². The van der Waals surface area contributed by atoms with E-state index in [-0.39, 0.29) is 28.0 Å². The van der Waals surface area contributed by atoms with Crippen molar-refractivity contribution < 1.29 is 33.4 Å². The number of hydrogen-bond donors (Lipinski definition) is 1. The third-order valence-corrected chi connectivity index (χ3v) is 3.81. The zero-order valence-corrected chi connectivity index (χ0v) is 17.0. The number of amides is 1. The summed E-state index contributed by atoms with van der Waals surface area (Å²) in [6.07, 6.45) is -0.174. The van der Waals surface area contributed by atoms with Gasteiger partial charge in [0.15, 0.2) is 12.4 Å². The van der Waals surface area contributed by atoms with Gasteiger partial charge in [-0.1, -0.05) is 48.5 Å². The predicted octanol–water partition coefficient (Wildman–Crippen LogP) is 3.47. The van der Waals surface area contributed by atoms with Gasteiger partial charge in [0.2, 0.25) is 0 Å². The lowest BCUT2D eigenvalue weighted by molar-refractivity contribution is -0.141. The Labute approximate surface area is 177 Å². The first-order valence-corrected chi connectivity index (χ1v) is 8.95. The molecule has 1 aromatic rings. The van der Waals surface area contributed by atoms with E-state index in [0.717, 1.165) is 0 Å². The fraction of sp³-hybridized carbons (Fsp3) is 0.263. The third kappa shape index (κ3) is 8.37. The summed E-state index contributed by atoms with van der Waals surface area (Å²) in [4.78, 5) is 48.1. The number of carbonyl (C=O) groups excluding carboxylic acids is 4. The minimum atomic E-state index is -1.37. The highest BCUT2D eigenvalue weighted by Crippen LogP contribution is 2.24. The zero-order chi connectivity index (χ0) is 22.0. The zero-order valence-electron chi connectivity index (χ0n) is 15.5. The normalized spacial score (nSPS) is 11.0. The minimum Gasteiger partial charge on any atom is -0.454 e. The Morgan fingerprint density at radius 1 is 1.17 bits per heavy atom. The number of alkyl carbamates (subject to hydrolysis) is 1. The number of nitrogens with one attached hydrogen (secondary N) is 1. The molecule has 0 unspecified atom stereocenters. The second kappa shape index (κ2) is 11.9. The van der Waals surface area contributed by atoms with Crippen molar-refractivity contribution in [2.45, 2.75) is 19.4 Å². The second-order valence-corrected chi connectivity index (χ2v) is 6.42. The minimum absolute atomic E-state index is 0.0441.